The summed E-state index contributed by atoms with van der Waals surface area (Å²) < 4.78 is 41.8. The van der Waals surface area contributed by atoms with E-state index in [1.807, 2.05) is 0 Å². The molecule has 10 atom stereocenters. The average molecular weight is 1030 g/mol. The predicted molar refractivity (Wildman–Crippen MR) is 266 cm³/mol. The smallest absolute Gasteiger partial charge is 0.341 e. The summed E-state index contributed by atoms with van der Waals surface area (Å²) in [5.74, 6) is -12.1. The fourth-order valence-electron chi connectivity index (χ4n) is 10.8. The number of hydrogen-bond donors (Lipinski definition) is 6. The Labute approximate surface area is 426 Å². The molecule has 2 aromatic carbocycles. The highest BCUT2D eigenvalue weighted by Gasteiger charge is 2.53. The first-order valence-corrected chi connectivity index (χ1v) is 24.9. The molecule has 0 radical (unpaired) electrons. The van der Waals surface area contributed by atoms with E-state index < -0.39 is 140 Å². The molecule has 74 heavy (non-hydrogen) atoms. The first kappa shape index (κ1) is 53.5. The van der Waals surface area contributed by atoms with Crippen LogP contribution in [0.1, 0.15) is 127 Å². The van der Waals surface area contributed by atoms with E-state index in [2.05, 4.69) is 10.6 Å². The number of pyridine rings is 1. The Bertz CT molecular complexity index is 3030. The van der Waals surface area contributed by atoms with Crippen LogP contribution in [0.3, 0.4) is 0 Å². The van der Waals surface area contributed by atoms with Gasteiger partial charge in [-0.3, -0.25) is 28.8 Å². The van der Waals surface area contributed by atoms with E-state index in [1.165, 1.54) is 59.2 Å². The third-order valence-corrected chi connectivity index (χ3v) is 15.4. The maximum atomic E-state index is 16.1. The highest BCUT2D eigenvalue weighted by atomic mass is 19.1. The second-order valence-corrected chi connectivity index (χ2v) is 20.5. The molecule has 1 saturated heterocycles. The molecule has 1 saturated carbocycles. The molecule has 2 fully saturated rings. The van der Waals surface area contributed by atoms with E-state index in [4.69, 9.17) is 18.9 Å². The molecule has 6 aliphatic rings. The van der Waals surface area contributed by atoms with Crippen molar-refractivity contribution < 1.29 is 72.5 Å². The Hall–Kier alpha value is -6.74. The van der Waals surface area contributed by atoms with Crippen molar-refractivity contribution in [2.24, 2.45) is 23.7 Å². The van der Waals surface area contributed by atoms with Crippen molar-refractivity contribution in [3.63, 3.8) is 0 Å². The van der Waals surface area contributed by atoms with Crippen LogP contribution in [0.15, 0.2) is 58.3 Å². The molecule has 1 amide bonds. The van der Waals surface area contributed by atoms with Gasteiger partial charge in [0.15, 0.2) is 0 Å². The van der Waals surface area contributed by atoms with Gasteiger partial charge in [-0.25, -0.2) is 9.18 Å². The van der Waals surface area contributed by atoms with E-state index in [0.717, 1.165) is 18.9 Å². The number of nitrogens with one attached hydrogen (secondary N) is 2. The second kappa shape index (κ2) is 20.5. The highest BCUT2D eigenvalue weighted by molar-refractivity contribution is 6.32. The summed E-state index contributed by atoms with van der Waals surface area (Å²) in [7, 11) is 1.45. The number of phenols is 1. The number of fused-ring (bicyclic) bond motifs is 16. The molecule has 2 aliphatic carbocycles. The minimum absolute atomic E-state index is 0.0264. The summed E-state index contributed by atoms with van der Waals surface area (Å²) in [5, 5.41) is 50.2. The average Bonchev–Trinajstić information content (AvgIpc) is 4.04. The van der Waals surface area contributed by atoms with Gasteiger partial charge in [-0.15, -0.1) is 0 Å². The standard InChI is InChI=1S/C54H63FN4O15/c1-23-11-10-12-24(2)52(68)57-42-41(56-30-15-17-58(21-30)36-20-35-32(19-34(36)55)46(64)33(53(69)70)22-59(35)31-13-14-31)47(65)38-39(48(42)66)45(63)28(6)50-40(38)51(67)54(8,74-50)72-18-16-37(71-9)25(3)49(73-29(7)60)27(5)44(62)26(4)43(23)61/h10-12,19-20,22-23,25-27,30-31,37,43-44,49,56,61-63H,13-18,21H2,1-9H3,(H,57,68)(H,69,70)/b11-10+,24-12-/t23-,25+,26+,27+,30-,37-,43-,44+,49+,54-/m0/s1. The van der Waals surface area contributed by atoms with Crippen LogP contribution in [0.25, 0.3) is 10.9 Å². The number of amides is 1. The normalized spacial score (nSPS) is 30.2. The van der Waals surface area contributed by atoms with Crippen LogP contribution in [0.2, 0.25) is 0 Å². The maximum absolute atomic E-state index is 16.1. The second-order valence-electron chi connectivity index (χ2n) is 20.5. The SMILES string of the molecule is CO[C@H]1CCO[C@@]2(C)Oc3c(C)c(O)c4c(c3C2=O)C(=O)C(N[C@H]2CCN(c3cc5c(cc3F)c(=O)c(C(=O)O)cn5C3CC3)C2)=C(NC(=O)/C(C)=C\C=C\[C@H](C)[C@H](O)[C@@H](C)[C@@H](O)[C@@H](C)[C@H](OC(C)=O)[C@@H]1C)C4=O. The van der Waals surface area contributed by atoms with E-state index in [9.17, 15) is 49.2 Å². The van der Waals surface area contributed by atoms with E-state index in [-0.39, 0.29) is 72.1 Å². The van der Waals surface area contributed by atoms with Crippen molar-refractivity contribution >= 4 is 51.8 Å². The number of halogens is 1. The van der Waals surface area contributed by atoms with Gasteiger partial charge in [0.05, 0.1) is 52.8 Å². The predicted octanol–water partition coefficient (Wildman–Crippen LogP) is 5.19. The zero-order chi connectivity index (χ0) is 54.0. The zero-order valence-electron chi connectivity index (χ0n) is 42.7. The lowest BCUT2D eigenvalue weighted by molar-refractivity contribution is -0.164. The van der Waals surface area contributed by atoms with Gasteiger partial charge in [-0.2, -0.15) is 0 Å². The number of allylic oxidation sites excluding steroid dienone is 4. The molecule has 396 valence electrons. The van der Waals surface area contributed by atoms with Gasteiger partial charge >= 0.3 is 11.9 Å². The minimum atomic E-state index is -2.11. The van der Waals surface area contributed by atoms with E-state index in [1.54, 1.807) is 43.2 Å². The van der Waals surface area contributed by atoms with Crippen molar-refractivity contribution in [3.8, 4) is 11.5 Å². The third-order valence-electron chi connectivity index (χ3n) is 15.4. The van der Waals surface area contributed by atoms with Crippen LogP contribution in [-0.2, 0) is 23.8 Å². The number of ketones is 3. The quantitative estimate of drug-likeness (QED) is 0.166. The van der Waals surface area contributed by atoms with Crippen molar-refractivity contribution in [1.82, 2.24) is 15.2 Å². The number of methoxy groups -OCH3 is 1. The Kier molecular flexibility index (Phi) is 14.9. The van der Waals surface area contributed by atoms with Crippen molar-refractivity contribution in [3.05, 3.63) is 97.4 Å². The summed E-state index contributed by atoms with van der Waals surface area (Å²) >= 11 is 0. The summed E-state index contributed by atoms with van der Waals surface area (Å²) in [6.07, 6.45) is 3.77. The molecule has 19 nitrogen and oxygen atoms in total. The van der Waals surface area contributed by atoms with Gasteiger partial charge in [0.2, 0.25) is 22.8 Å². The zero-order valence-corrected chi connectivity index (χ0v) is 42.7. The highest BCUT2D eigenvalue weighted by Crippen LogP contribution is 2.49. The molecule has 1 aromatic heterocycles. The fraction of sp³-hybridized carbons (Fsp3) is 0.500. The number of carbonyl (C=O) groups is 6. The van der Waals surface area contributed by atoms with Crippen LogP contribution in [0.4, 0.5) is 10.1 Å². The van der Waals surface area contributed by atoms with Gasteiger partial charge < -0.3 is 59.5 Å². The van der Waals surface area contributed by atoms with E-state index >= 15 is 9.18 Å². The number of phenolic OH excluding ortho intramolecular Hbond substituents is 1. The molecule has 3 aromatic rings. The molecule has 5 heterocycles. The molecular weight excluding hydrogens is 964 g/mol. The number of aliphatic hydroxyl groups is 2. The topological polar surface area (TPSA) is 270 Å². The Morgan fingerprint density at radius 1 is 0.932 bits per heavy atom. The van der Waals surface area contributed by atoms with Crippen LogP contribution >= 0.6 is 0 Å². The molecule has 6 N–H and O–H groups in total. The largest absolute Gasteiger partial charge is 0.507 e. The number of hydrogen-bond acceptors (Lipinski definition) is 16. The number of aromatic nitrogens is 1. The Morgan fingerprint density at radius 2 is 1.64 bits per heavy atom. The molecule has 20 heteroatoms. The van der Waals surface area contributed by atoms with Crippen LogP contribution in [-0.4, -0.2) is 123 Å². The Morgan fingerprint density at radius 3 is 2.28 bits per heavy atom. The van der Waals surface area contributed by atoms with Crippen LogP contribution < -0.4 is 25.7 Å². The number of aromatic hydroxyl groups is 1. The monoisotopic (exact) mass is 1030 g/mol. The lowest BCUT2D eigenvalue weighted by Gasteiger charge is -2.38. The summed E-state index contributed by atoms with van der Waals surface area (Å²) in [4.78, 5) is 98.1. The number of carboxylic acids is 1. The first-order valence-electron chi connectivity index (χ1n) is 24.9. The minimum Gasteiger partial charge on any atom is -0.507 e. The molecule has 5 bridgehead atoms. The van der Waals surface area contributed by atoms with Crippen molar-refractivity contribution in [2.45, 2.75) is 123 Å². The number of esters is 1. The molecule has 0 spiro atoms. The van der Waals surface area contributed by atoms with Gasteiger partial charge in [-0.05, 0) is 51.7 Å². The summed E-state index contributed by atoms with van der Waals surface area (Å²) in [5.41, 5.74) is -3.21. The molecule has 9 rings (SSSR count). The maximum Gasteiger partial charge on any atom is 0.341 e. The molecule has 4 aliphatic heterocycles. The van der Waals surface area contributed by atoms with Gasteiger partial charge in [0.25, 0.3) is 11.7 Å². The molecular formula is C54H63FN4O15. The number of carboxylic acid groups (broad SMARTS) is 1. The summed E-state index contributed by atoms with van der Waals surface area (Å²) in [6.45, 7) is 12.3. The lowest BCUT2D eigenvalue weighted by atomic mass is 9.78. The fourth-order valence-corrected chi connectivity index (χ4v) is 10.8. The third kappa shape index (κ3) is 9.63. The Balaban J connectivity index is 1.18. The van der Waals surface area contributed by atoms with Gasteiger partial charge in [0.1, 0.15) is 40.4 Å². The van der Waals surface area contributed by atoms with Crippen LogP contribution in [0, 0.1) is 36.4 Å². The number of carbonyl (C=O) groups excluding carboxylic acids is 5. The number of benzene rings is 2. The van der Waals surface area contributed by atoms with Gasteiger partial charge in [-0.1, -0.05) is 45.9 Å². The van der Waals surface area contributed by atoms with Crippen molar-refractivity contribution in [1.29, 1.82) is 0 Å². The number of rotatable bonds is 7. The number of anilines is 1. The number of aromatic carboxylic acids is 1. The number of ether oxygens (including phenoxy) is 4. The number of nitrogens with zero attached hydrogens (tertiary/aromatic N) is 2. The number of aliphatic hydroxyl groups excluding tert-OH is 2. The van der Waals surface area contributed by atoms with Crippen molar-refractivity contribution in [2.75, 3.05) is 31.7 Å². The first-order chi connectivity index (χ1) is 34.9. The summed E-state index contributed by atoms with van der Waals surface area (Å²) in [6, 6.07) is 1.73. The lowest BCUT2D eigenvalue weighted by Crippen LogP contribution is -2.47. The van der Waals surface area contributed by atoms with Gasteiger partial charge in [0, 0.05) is 92.5 Å². The number of Topliss-reactive ketones (excluding diaryl/α,β-unsaturated/α-hetero) is 3. The molecule has 0 unspecified atom stereocenters. The van der Waals surface area contributed by atoms with E-state index in [0.29, 0.717) is 5.52 Å². The van der Waals surface area contributed by atoms with Crippen LogP contribution in [0.5, 0.6) is 11.5 Å².